The summed E-state index contributed by atoms with van der Waals surface area (Å²) in [4.78, 5) is 0. The molecule has 2 N–H and O–H groups in total. The lowest BCUT2D eigenvalue weighted by molar-refractivity contribution is 0.436. The van der Waals surface area contributed by atoms with Crippen LogP contribution in [0, 0.1) is 0 Å². The summed E-state index contributed by atoms with van der Waals surface area (Å²) in [6.07, 6.45) is 5.24. The van der Waals surface area contributed by atoms with E-state index in [0.717, 1.165) is 16.8 Å². The van der Waals surface area contributed by atoms with Crippen LogP contribution in [0.2, 0.25) is 0 Å². The molecule has 0 radical (unpaired) electrons. The van der Waals surface area contributed by atoms with E-state index in [0.29, 0.717) is 5.88 Å². The molecular weight excluding hydrogens is 216 g/mol. The topological polar surface area (TPSA) is 69.9 Å². The van der Waals surface area contributed by atoms with Crippen LogP contribution in [-0.4, -0.2) is 14.9 Å². The number of nitrogen functional groups attached to an aromatic ring is 1. The van der Waals surface area contributed by atoms with Crippen molar-refractivity contribution in [2.45, 2.75) is 0 Å². The molecule has 3 aromatic rings. The van der Waals surface area contributed by atoms with Gasteiger partial charge in [0.2, 0.25) is 5.88 Å². The molecule has 2 aromatic heterocycles. The molecule has 0 unspecified atom stereocenters. The van der Waals surface area contributed by atoms with E-state index >= 15 is 0 Å². The van der Waals surface area contributed by atoms with Gasteiger partial charge in [0.15, 0.2) is 0 Å². The molecule has 5 heteroatoms. The molecule has 3 rings (SSSR count). The van der Waals surface area contributed by atoms with Gasteiger partial charge in [0.05, 0.1) is 17.4 Å². The maximum Gasteiger partial charge on any atom is 0.229 e. The van der Waals surface area contributed by atoms with Crippen molar-refractivity contribution >= 4 is 5.88 Å². The Morgan fingerprint density at radius 1 is 1.18 bits per heavy atom. The lowest BCUT2D eigenvalue weighted by Gasteiger charge is -2.02. The number of hydrogen-bond acceptors (Lipinski definition) is 4. The lowest BCUT2D eigenvalue weighted by atomic mass is 10.1. The third-order valence-corrected chi connectivity index (χ3v) is 2.55. The predicted molar refractivity (Wildman–Crippen MR) is 63.5 cm³/mol. The molecule has 0 aliphatic heterocycles. The Morgan fingerprint density at radius 3 is 2.59 bits per heavy atom. The minimum Gasteiger partial charge on any atom is -0.367 e. The number of aromatic nitrogens is 3. The molecular formula is C12H10N4O. The Bertz CT molecular complexity index is 610. The number of nitrogens with zero attached hydrogens (tertiary/aromatic N) is 3. The maximum atomic E-state index is 5.66. The Labute approximate surface area is 97.5 Å². The molecule has 0 atom stereocenters. The zero-order chi connectivity index (χ0) is 11.7. The highest BCUT2D eigenvalue weighted by molar-refractivity contribution is 5.72. The van der Waals surface area contributed by atoms with Gasteiger partial charge >= 0.3 is 0 Å². The average molecular weight is 226 g/mol. The Morgan fingerprint density at radius 2 is 2.00 bits per heavy atom. The molecule has 0 saturated carbocycles. The predicted octanol–water partition coefficient (Wildman–Crippen LogP) is 2.11. The van der Waals surface area contributed by atoms with E-state index in [1.807, 2.05) is 36.5 Å². The summed E-state index contributed by atoms with van der Waals surface area (Å²) < 4.78 is 6.62. The third-order valence-electron chi connectivity index (χ3n) is 2.55. The first-order valence-corrected chi connectivity index (χ1v) is 5.15. The first-order chi connectivity index (χ1) is 8.34. The van der Waals surface area contributed by atoms with Crippen LogP contribution >= 0.6 is 0 Å². The number of anilines is 1. The van der Waals surface area contributed by atoms with E-state index in [4.69, 9.17) is 10.3 Å². The standard InChI is InChI=1S/C12H10N4O/c13-12-11(8-15-17-12)9-2-4-10(5-3-9)16-7-1-6-14-16/h1-8H,13H2. The van der Waals surface area contributed by atoms with Crippen molar-refractivity contribution in [2.24, 2.45) is 0 Å². The average Bonchev–Trinajstić information content (AvgIpc) is 3.00. The van der Waals surface area contributed by atoms with Crippen molar-refractivity contribution in [3.63, 3.8) is 0 Å². The van der Waals surface area contributed by atoms with Gasteiger partial charge in [-0.15, -0.1) is 0 Å². The van der Waals surface area contributed by atoms with Crippen molar-refractivity contribution in [2.75, 3.05) is 5.73 Å². The Balaban J connectivity index is 1.99. The minimum absolute atomic E-state index is 0.330. The smallest absolute Gasteiger partial charge is 0.229 e. The van der Waals surface area contributed by atoms with E-state index < -0.39 is 0 Å². The van der Waals surface area contributed by atoms with Gasteiger partial charge in [-0.2, -0.15) is 5.10 Å². The molecule has 0 bridgehead atoms. The summed E-state index contributed by atoms with van der Waals surface area (Å²) >= 11 is 0. The summed E-state index contributed by atoms with van der Waals surface area (Å²) in [6, 6.07) is 9.73. The van der Waals surface area contributed by atoms with Crippen molar-refractivity contribution in [1.82, 2.24) is 14.9 Å². The second kappa shape index (κ2) is 3.79. The SMILES string of the molecule is Nc1oncc1-c1ccc(-n2cccn2)cc1. The van der Waals surface area contributed by atoms with Crippen LogP contribution in [0.5, 0.6) is 0 Å². The Kier molecular flexibility index (Phi) is 2.15. The van der Waals surface area contributed by atoms with E-state index in [1.165, 1.54) is 0 Å². The van der Waals surface area contributed by atoms with Crippen LogP contribution in [0.25, 0.3) is 16.8 Å². The first kappa shape index (κ1) is 9.65. The number of hydrogen-bond donors (Lipinski definition) is 1. The third kappa shape index (κ3) is 1.67. The molecule has 2 heterocycles. The van der Waals surface area contributed by atoms with Crippen LogP contribution in [0.3, 0.4) is 0 Å². The number of rotatable bonds is 2. The van der Waals surface area contributed by atoms with Gasteiger partial charge in [0.25, 0.3) is 0 Å². The molecule has 1 aromatic carbocycles. The van der Waals surface area contributed by atoms with Crippen molar-refractivity contribution in [1.29, 1.82) is 0 Å². The van der Waals surface area contributed by atoms with Gasteiger partial charge in [-0.05, 0) is 23.8 Å². The van der Waals surface area contributed by atoms with E-state index in [2.05, 4.69) is 10.3 Å². The molecule has 84 valence electrons. The van der Waals surface area contributed by atoms with Crippen molar-refractivity contribution < 1.29 is 4.52 Å². The van der Waals surface area contributed by atoms with Gasteiger partial charge in [-0.1, -0.05) is 17.3 Å². The van der Waals surface area contributed by atoms with Crippen LogP contribution in [0.15, 0.2) is 53.4 Å². The molecule has 17 heavy (non-hydrogen) atoms. The van der Waals surface area contributed by atoms with Crippen LogP contribution in [0.4, 0.5) is 5.88 Å². The van der Waals surface area contributed by atoms with Gasteiger partial charge in [0.1, 0.15) is 0 Å². The zero-order valence-electron chi connectivity index (χ0n) is 8.95. The lowest BCUT2D eigenvalue weighted by Crippen LogP contribution is -1.93. The fraction of sp³-hybridized carbons (Fsp3) is 0. The molecule has 5 nitrogen and oxygen atoms in total. The highest BCUT2D eigenvalue weighted by Gasteiger charge is 2.06. The quantitative estimate of drug-likeness (QED) is 0.726. The van der Waals surface area contributed by atoms with E-state index in [-0.39, 0.29) is 0 Å². The fourth-order valence-corrected chi connectivity index (χ4v) is 1.68. The summed E-state index contributed by atoms with van der Waals surface area (Å²) in [5, 5.41) is 7.81. The second-order valence-electron chi connectivity index (χ2n) is 3.60. The van der Waals surface area contributed by atoms with Crippen LogP contribution in [-0.2, 0) is 0 Å². The van der Waals surface area contributed by atoms with Gasteiger partial charge < -0.3 is 10.3 Å². The normalized spacial score (nSPS) is 10.6. The fourth-order valence-electron chi connectivity index (χ4n) is 1.68. The van der Waals surface area contributed by atoms with Crippen molar-refractivity contribution in [3.8, 4) is 16.8 Å². The summed E-state index contributed by atoms with van der Waals surface area (Å²) in [5.74, 6) is 0.330. The summed E-state index contributed by atoms with van der Waals surface area (Å²) in [5.41, 5.74) is 8.43. The highest BCUT2D eigenvalue weighted by atomic mass is 16.5. The van der Waals surface area contributed by atoms with E-state index in [1.54, 1.807) is 17.1 Å². The van der Waals surface area contributed by atoms with Crippen molar-refractivity contribution in [3.05, 3.63) is 48.9 Å². The zero-order valence-corrected chi connectivity index (χ0v) is 8.95. The molecule has 0 amide bonds. The molecule has 0 aliphatic carbocycles. The van der Waals surface area contributed by atoms with Gasteiger partial charge in [0, 0.05) is 12.4 Å². The number of benzene rings is 1. The minimum atomic E-state index is 0.330. The van der Waals surface area contributed by atoms with Gasteiger partial charge in [-0.25, -0.2) is 4.68 Å². The summed E-state index contributed by atoms with van der Waals surface area (Å²) in [6.45, 7) is 0. The molecule has 0 spiro atoms. The largest absolute Gasteiger partial charge is 0.367 e. The molecule has 0 aliphatic rings. The number of nitrogens with two attached hydrogens (primary N) is 1. The monoisotopic (exact) mass is 226 g/mol. The molecule has 0 fully saturated rings. The highest BCUT2D eigenvalue weighted by Crippen LogP contribution is 2.25. The van der Waals surface area contributed by atoms with Crippen LogP contribution < -0.4 is 5.73 Å². The summed E-state index contributed by atoms with van der Waals surface area (Å²) in [7, 11) is 0. The van der Waals surface area contributed by atoms with Gasteiger partial charge in [-0.3, -0.25) is 0 Å². The maximum absolute atomic E-state index is 5.66. The van der Waals surface area contributed by atoms with Crippen LogP contribution in [0.1, 0.15) is 0 Å². The second-order valence-corrected chi connectivity index (χ2v) is 3.60. The first-order valence-electron chi connectivity index (χ1n) is 5.15. The van der Waals surface area contributed by atoms with E-state index in [9.17, 15) is 0 Å². The Hall–Kier alpha value is -2.56. The molecule has 0 saturated heterocycles.